The normalized spacial score (nSPS) is 13.2. The summed E-state index contributed by atoms with van der Waals surface area (Å²) in [7, 11) is -1.77. The molecule has 0 aliphatic rings. The molecule has 0 radical (unpaired) electrons. The lowest BCUT2D eigenvalue weighted by atomic mass is 9.88. The highest BCUT2D eigenvalue weighted by Gasteiger charge is 2.44. The molecule has 42 heavy (non-hydrogen) atoms. The Hall–Kier alpha value is -3.13. The zero-order valence-electron chi connectivity index (χ0n) is 25.8. The van der Waals surface area contributed by atoms with Crippen LogP contribution < -0.4 is 15.9 Å². The van der Waals surface area contributed by atoms with Crippen LogP contribution in [0.15, 0.2) is 91.0 Å². The van der Waals surface area contributed by atoms with Crippen LogP contribution >= 0.6 is 7.26 Å². The molecular weight excluding hydrogens is 535 g/mol. The first-order valence-corrected chi connectivity index (χ1v) is 17.4. The fourth-order valence-corrected chi connectivity index (χ4v) is 10.7. The van der Waals surface area contributed by atoms with Gasteiger partial charge in [-0.05, 0) is 113 Å². The lowest BCUT2D eigenvalue weighted by molar-refractivity contribution is 0.0394. The van der Waals surface area contributed by atoms with Crippen LogP contribution in [0.3, 0.4) is 0 Å². The van der Waals surface area contributed by atoms with E-state index in [2.05, 4.69) is 91.0 Å². The maximum Gasteiger partial charge on any atom is 0.122 e. The van der Waals surface area contributed by atoms with Crippen molar-refractivity contribution in [2.75, 3.05) is 6.16 Å². The number of rotatable bonds is 14. The van der Waals surface area contributed by atoms with E-state index in [1.807, 2.05) is 27.7 Å². The average Bonchev–Trinajstić information content (AvgIpc) is 3.02. The van der Waals surface area contributed by atoms with Crippen LogP contribution in [0.2, 0.25) is 0 Å². The molecule has 3 nitrogen and oxygen atoms in total. The molecular formula is C38H48O3P+. The van der Waals surface area contributed by atoms with Crippen LogP contribution in [-0.4, -0.2) is 27.1 Å². The zero-order valence-corrected chi connectivity index (χ0v) is 26.7. The monoisotopic (exact) mass is 583 g/mol. The molecule has 0 bridgehead atoms. The minimum Gasteiger partial charge on any atom is -0.507 e. The van der Waals surface area contributed by atoms with Crippen molar-refractivity contribution in [2.45, 2.75) is 84.7 Å². The van der Waals surface area contributed by atoms with Gasteiger partial charge in [0.1, 0.15) is 34.7 Å². The Morgan fingerprint density at radius 2 is 0.976 bits per heavy atom. The summed E-state index contributed by atoms with van der Waals surface area (Å²) in [5.74, 6) is 0.497. The molecule has 1 atom stereocenters. The molecule has 1 unspecified atom stereocenters. The van der Waals surface area contributed by atoms with Gasteiger partial charge >= 0.3 is 0 Å². The van der Waals surface area contributed by atoms with Crippen molar-refractivity contribution < 1.29 is 15.3 Å². The molecule has 0 spiro atoms. The third-order valence-corrected chi connectivity index (χ3v) is 13.6. The van der Waals surface area contributed by atoms with Crippen molar-refractivity contribution in [2.24, 2.45) is 0 Å². The first-order valence-electron chi connectivity index (χ1n) is 15.5. The number of phenolic OH excluding ortho intramolecular Hbond substituents is 2. The van der Waals surface area contributed by atoms with Crippen LogP contribution in [0, 0.1) is 20.8 Å². The van der Waals surface area contributed by atoms with Gasteiger partial charge < -0.3 is 15.3 Å². The summed E-state index contributed by atoms with van der Waals surface area (Å²) in [4.78, 5) is 0. The lowest BCUT2D eigenvalue weighted by Gasteiger charge is -2.27. The van der Waals surface area contributed by atoms with Crippen molar-refractivity contribution in [3.63, 3.8) is 0 Å². The summed E-state index contributed by atoms with van der Waals surface area (Å²) in [5, 5.41) is 36.5. The van der Waals surface area contributed by atoms with Gasteiger partial charge in [-0.25, -0.2) is 0 Å². The van der Waals surface area contributed by atoms with E-state index in [0.29, 0.717) is 24.0 Å². The summed E-state index contributed by atoms with van der Waals surface area (Å²) < 4.78 is 0. The Labute approximate surface area is 253 Å². The van der Waals surface area contributed by atoms with Crippen LogP contribution in [0.1, 0.15) is 74.1 Å². The number of hydrogen-bond donors (Lipinski definition) is 3. The Bertz CT molecular complexity index is 1290. The fraction of sp³-hybridized carbons (Fsp3) is 0.368. The van der Waals surface area contributed by atoms with Gasteiger partial charge in [0.05, 0.1) is 11.8 Å². The maximum atomic E-state index is 11.1. The number of aromatic hydroxyl groups is 2. The minimum atomic E-state index is -1.77. The third kappa shape index (κ3) is 7.25. The molecule has 0 aliphatic carbocycles. The second-order valence-electron chi connectivity index (χ2n) is 12.1. The molecule has 4 aromatic carbocycles. The third-order valence-electron chi connectivity index (χ3n) is 9.08. The molecule has 0 saturated carbocycles. The molecule has 0 aliphatic heterocycles. The van der Waals surface area contributed by atoms with E-state index in [1.54, 1.807) is 0 Å². The van der Waals surface area contributed by atoms with Crippen molar-refractivity contribution in [1.29, 1.82) is 0 Å². The first-order chi connectivity index (χ1) is 20.2. The van der Waals surface area contributed by atoms with Crippen molar-refractivity contribution >= 4 is 23.2 Å². The summed E-state index contributed by atoms with van der Waals surface area (Å²) in [5.41, 5.74) is 2.09. The minimum absolute atomic E-state index is 0.248. The first kappa shape index (κ1) is 31.8. The molecule has 0 amide bonds. The number of benzene rings is 4. The topological polar surface area (TPSA) is 60.7 Å². The summed E-state index contributed by atoms with van der Waals surface area (Å²) in [6.45, 7) is 7.40. The van der Waals surface area contributed by atoms with Gasteiger partial charge in [-0.1, -0.05) is 73.9 Å². The summed E-state index contributed by atoms with van der Waals surface area (Å²) >= 11 is 0. The number of hydrogen-bond acceptors (Lipinski definition) is 3. The van der Waals surface area contributed by atoms with E-state index in [4.69, 9.17) is 0 Å². The van der Waals surface area contributed by atoms with E-state index < -0.39 is 12.9 Å². The number of unbranched alkanes of at least 4 members (excludes halogenated alkanes) is 4. The van der Waals surface area contributed by atoms with E-state index in [9.17, 15) is 15.3 Å². The van der Waals surface area contributed by atoms with Gasteiger partial charge in [0, 0.05) is 5.56 Å². The highest BCUT2D eigenvalue weighted by Crippen LogP contribution is 2.56. The van der Waals surface area contributed by atoms with Crippen molar-refractivity contribution in [3.8, 4) is 11.5 Å². The van der Waals surface area contributed by atoms with Gasteiger partial charge in [-0.2, -0.15) is 0 Å². The number of aliphatic hydroxyl groups is 1. The molecule has 4 aromatic rings. The van der Waals surface area contributed by atoms with Crippen LogP contribution in [0.5, 0.6) is 11.5 Å². The largest absolute Gasteiger partial charge is 0.507 e. The lowest BCUT2D eigenvalue weighted by Crippen LogP contribution is -2.33. The Balaban J connectivity index is 1.34. The van der Waals surface area contributed by atoms with E-state index in [0.717, 1.165) is 49.4 Å². The zero-order chi connectivity index (χ0) is 30.2. The van der Waals surface area contributed by atoms with E-state index in [1.165, 1.54) is 22.3 Å². The van der Waals surface area contributed by atoms with Gasteiger partial charge in [0.15, 0.2) is 0 Å². The van der Waals surface area contributed by atoms with Crippen molar-refractivity contribution in [1.82, 2.24) is 0 Å². The average molecular weight is 584 g/mol. The van der Waals surface area contributed by atoms with Crippen LogP contribution in [-0.2, 0) is 6.42 Å². The standard InChI is InChI=1S/C38H47O3P/c1-29-30(2)37(40)35(31(3)36(29)39)25-27-38(4,41)26-17-6-5-7-18-28-42(32-19-11-8-12-20-32,33-21-13-9-14-22-33)34-23-15-10-16-24-34/h8-16,19-24,41H,5-7,17-18,25-28H2,1-4H3,(H-,39,40)/p+1. The predicted molar refractivity (Wildman–Crippen MR) is 181 cm³/mol. The highest BCUT2D eigenvalue weighted by atomic mass is 31.2. The molecule has 4 heteroatoms. The maximum absolute atomic E-state index is 11.1. The van der Waals surface area contributed by atoms with Gasteiger partial charge in [0.25, 0.3) is 0 Å². The second kappa shape index (κ2) is 14.4. The molecule has 4 rings (SSSR count). The van der Waals surface area contributed by atoms with Gasteiger partial charge in [-0.15, -0.1) is 0 Å². The molecule has 0 fully saturated rings. The second-order valence-corrected chi connectivity index (χ2v) is 15.7. The SMILES string of the molecule is Cc1c(C)c(O)c(CCC(C)(O)CCCCCCC[P+](c2ccccc2)(c2ccccc2)c2ccccc2)c(C)c1O. The van der Waals surface area contributed by atoms with Crippen molar-refractivity contribution in [3.05, 3.63) is 113 Å². The highest BCUT2D eigenvalue weighted by molar-refractivity contribution is 7.95. The fourth-order valence-electron chi connectivity index (χ4n) is 6.28. The van der Waals surface area contributed by atoms with E-state index in [-0.39, 0.29) is 11.5 Å². The smallest absolute Gasteiger partial charge is 0.122 e. The molecule has 222 valence electrons. The van der Waals surface area contributed by atoms with Gasteiger partial charge in [-0.3, -0.25) is 0 Å². The number of phenols is 2. The summed E-state index contributed by atoms with van der Waals surface area (Å²) in [6.07, 6.45) is 8.55. The molecule has 0 heterocycles. The van der Waals surface area contributed by atoms with Gasteiger partial charge in [0.2, 0.25) is 0 Å². The van der Waals surface area contributed by atoms with E-state index >= 15 is 0 Å². The molecule has 0 aromatic heterocycles. The Kier molecular flexibility index (Phi) is 10.9. The molecule has 0 saturated heterocycles. The Morgan fingerprint density at radius 3 is 1.48 bits per heavy atom. The van der Waals surface area contributed by atoms with Crippen LogP contribution in [0.25, 0.3) is 0 Å². The quantitative estimate of drug-likeness (QED) is 0.0800. The molecule has 3 N–H and O–H groups in total. The Morgan fingerprint density at radius 1 is 0.548 bits per heavy atom. The predicted octanol–water partition coefficient (Wildman–Crippen LogP) is 8.04. The van der Waals surface area contributed by atoms with Crippen LogP contribution in [0.4, 0.5) is 0 Å². The summed E-state index contributed by atoms with van der Waals surface area (Å²) in [6, 6.07) is 33.3.